The Bertz CT molecular complexity index is 1490. The molecule has 2 N–H and O–H groups in total. The number of H-pyrrole nitrogens is 1. The minimum Gasteiger partial charge on any atom is -0.507 e. The van der Waals surface area contributed by atoms with Crippen molar-refractivity contribution in [3.05, 3.63) is 94.2 Å². The lowest BCUT2D eigenvalue weighted by atomic mass is 9.93. The van der Waals surface area contributed by atoms with Crippen molar-refractivity contribution >= 4 is 5.91 Å². The van der Waals surface area contributed by atoms with Crippen molar-refractivity contribution < 1.29 is 19.4 Å². The number of aryl methyl sites for hydroxylation is 2. The Kier molecular flexibility index (Phi) is 7.33. The van der Waals surface area contributed by atoms with E-state index in [1.807, 2.05) is 79.4 Å². The normalized spacial score (nSPS) is 14.7. The minimum atomic E-state index is -0.444. The molecule has 5 rings (SSSR count). The van der Waals surface area contributed by atoms with Gasteiger partial charge < -0.3 is 19.5 Å². The number of ether oxygens (including phenoxy) is 2. The second-order valence-corrected chi connectivity index (χ2v) is 10.6. The third-order valence-electron chi connectivity index (χ3n) is 7.22. The molecule has 7 nitrogen and oxygen atoms in total. The van der Waals surface area contributed by atoms with Crippen molar-refractivity contribution in [2.75, 3.05) is 13.7 Å². The maximum absolute atomic E-state index is 13.8. The Morgan fingerprint density at radius 2 is 1.82 bits per heavy atom. The molecule has 1 aromatic heterocycles. The Hall–Kier alpha value is -4.26. The highest BCUT2D eigenvalue weighted by atomic mass is 16.5. The molecule has 0 bridgehead atoms. The van der Waals surface area contributed by atoms with E-state index in [1.54, 1.807) is 7.11 Å². The molecule has 1 amide bonds. The molecule has 202 valence electrons. The van der Waals surface area contributed by atoms with Crippen LogP contribution in [0.3, 0.4) is 0 Å². The zero-order valence-corrected chi connectivity index (χ0v) is 23.1. The number of fused-ring (bicyclic) bond motifs is 1. The van der Waals surface area contributed by atoms with Gasteiger partial charge in [-0.15, -0.1) is 0 Å². The van der Waals surface area contributed by atoms with Gasteiger partial charge in [0.1, 0.15) is 17.1 Å². The van der Waals surface area contributed by atoms with Crippen LogP contribution in [0.4, 0.5) is 0 Å². The SMILES string of the molecule is COc1cc(C2c3c(-c4cc(C)cc(C)c4O)n[nH]c3C(=O)N2Cc2ccccc2)ccc1OCCC(C)C. The summed E-state index contributed by atoms with van der Waals surface area (Å²) in [7, 11) is 1.62. The van der Waals surface area contributed by atoms with Gasteiger partial charge in [-0.3, -0.25) is 9.89 Å². The maximum atomic E-state index is 13.8. The number of nitrogens with one attached hydrogen (secondary N) is 1. The molecule has 4 aromatic rings. The van der Waals surface area contributed by atoms with E-state index < -0.39 is 6.04 Å². The van der Waals surface area contributed by atoms with Crippen molar-refractivity contribution in [2.24, 2.45) is 5.92 Å². The molecular formula is C32H35N3O4. The standard InChI is InChI=1S/C32H35N3O4/c1-19(2)13-14-39-25-12-11-23(17-26(25)38-5)30-27-28(24-16-20(3)15-21(4)31(24)36)33-34-29(27)32(37)35(30)18-22-9-7-6-8-10-22/h6-12,15-17,19,30,36H,13-14,18H2,1-5H3,(H,33,34). The van der Waals surface area contributed by atoms with Gasteiger partial charge in [0.2, 0.25) is 0 Å². The van der Waals surface area contributed by atoms with E-state index in [0.717, 1.165) is 34.2 Å². The van der Waals surface area contributed by atoms with E-state index in [-0.39, 0.29) is 11.7 Å². The van der Waals surface area contributed by atoms with Gasteiger partial charge in [0.15, 0.2) is 11.5 Å². The Balaban J connectivity index is 1.62. The monoisotopic (exact) mass is 525 g/mol. The number of phenols is 1. The van der Waals surface area contributed by atoms with Gasteiger partial charge >= 0.3 is 0 Å². The number of rotatable bonds is 9. The van der Waals surface area contributed by atoms with Gasteiger partial charge in [-0.2, -0.15) is 5.10 Å². The lowest BCUT2D eigenvalue weighted by molar-refractivity contribution is 0.0730. The summed E-state index contributed by atoms with van der Waals surface area (Å²) in [6.45, 7) is 9.19. The van der Waals surface area contributed by atoms with Crippen molar-refractivity contribution in [2.45, 2.75) is 46.7 Å². The summed E-state index contributed by atoms with van der Waals surface area (Å²) in [5.74, 6) is 1.83. The number of phenolic OH excluding ortho intramolecular Hbond substituents is 1. The second-order valence-electron chi connectivity index (χ2n) is 10.6. The molecule has 3 aromatic carbocycles. The van der Waals surface area contributed by atoms with E-state index in [2.05, 4.69) is 24.0 Å². The number of nitrogens with zero attached hydrogens (tertiary/aromatic N) is 2. The van der Waals surface area contributed by atoms with Crippen molar-refractivity contribution in [3.8, 4) is 28.5 Å². The summed E-state index contributed by atoms with van der Waals surface area (Å²) in [4.78, 5) is 15.7. The molecule has 0 radical (unpaired) electrons. The van der Waals surface area contributed by atoms with Crippen LogP contribution >= 0.6 is 0 Å². The summed E-state index contributed by atoms with van der Waals surface area (Å²) < 4.78 is 11.8. The van der Waals surface area contributed by atoms with E-state index >= 15 is 0 Å². The quantitative estimate of drug-likeness (QED) is 0.258. The maximum Gasteiger partial charge on any atom is 0.273 e. The smallest absolute Gasteiger partial charge is 0.273 e. The number of methoxy groups -OCH3 is 1. The largest absolute Gasteiger partial charge is 0.507 e. The van der Waals surface area contributed by atoms with E-state index in [1.165, 1.54) is 0 Å². The first-order chi connectivity index (χ1) is 18.8. The van der Waals surface area contributed by atoms with Crippen LogP contribution in [-0.2, 0) is 6.54 Å². The average molecular weight is 526 g/mol. The number of aromatic amines is 1. The molecule has 0 aliphatic carbocycles. The number of hydrogen-bond donors (Lipinski definition) is 2. The molecule has 39 heavy (non-hydrogen) atoms. The van der Waals surface area contributed by atoms with Crippen LogP contribution in [0.2, 0.25) is 0 Å². The fraction of sp³-hybridized carbons (Fsp3) is 0.312. The first kappa shape index (κ1) is 26.4. The van der Waals surface area contributed by atoms with Gasteiger partial charge in [0.05, 0.1) is 19.8 Å². The van der Waals surface area contributed by atoms with Crippen molar-refractivity contribution in [1.82, 2.24) is 15.1 Å². The Morgan fingerprint density at radius 1 is 1.05 bits per heavy atom. The number of carbonyl (C=O) groups is 1. The van der Waals surface area contributed by atoms with Crippen molar-refractivity contribution in [1.29, 1.82) is 0 Å². The summed E-state index contributed by atoms with van der Waals surface area (Å²) in [6.07, 6.45) is 0.939. The molecule has 0 saturated heterocycles. The number of aromatic nitrogens is 2. The van der Waals surface area contributed by atoms with Crippen LogP contribution in [0, 0.1) is 19.8 Å². The molecule has 7 heteroatoms. The number of carbonyl (C=O) groups excluding carboxylic acids is 1. The van der Waals surface area contributed by atoms with Gasteiger partial charge in [-0.1, -0.05) is 56.3 Å². The number of benzene rings is 3. The molecule has 1 unspecified atom stereocenters. The lowest BCUT2D eigenvalue weighted by Gasteiger charge is -2.27. The van der Waals surface area contributed by atoms with Crippen LogP contribution in [0.1, 0.15) is 64.6 Å². The highest BCUT2D eigenvalue weighted by Crippen LogP contribution is 2.47. The number of aromatic hydroxyl groups is 1. The van der Waals surface area contributed by atoms with E-state index in [4.69, 9.17) is 9.47 Å². The Labute approximate surface area is 229 Å². The fourth-order valence-corrected chi connectivity index (χ4v) is 5.21. The molecule has 0 fully saturated rings. The molecule has 1 aliphatic heterocycles. The minimum absolute atomic E-state index is 0.141. The summed E-state index contributed by atoms with van der Waals surface area (Å²) in [5, 5.41) is 18.5. The zero-order valence-electron chi connectivity index (χ0n) is 23.1. The van der Waals surface area contributed by atoms with Crippen molar-refractivity contribution in [3.63, 3.8) is 0 Å². The van der Waals surface area contributed by atoms with Crippen LogP contribution < -0.4 is 9.47 Å². The van der Waals surface area contributed by atoms with Crippen LogP contribution in [0.15, 0.2) is 60.7 Å². The average Bonchev–Trinajstić information content (AvgIpc) is 3.45. The van der Waals surface area contributed by atoms with Gasteiger partial charge in [0.25, 0.3) is 5.91 Å². The molecule has 0 spiro atoms. The van der Waals surface area contributed by atoms with Crippen LogP contribution in [0.25, 0.3) is 11.3 Å². The third kappa shape index (κ3) is 5.09. The van der Waals surface area contributed by atoms with Crippen LogP contribution in [-0.4, -0.2) is 39.8 Å². The number of amides is 1. The highest BCUT2D eigenvalue weighted by Gasteiger charge is 2.43. The first-order valence-corrected chi connectivity index (χ1v) is 13.3. The predicted molar refractivity (Wildman–Crippen MR) is 151 cm³/mol. The lowest BCUT2D eigenvalue weighted by Crippen LogP contribution is -2.29. The Morgan fingerprint density at radius 3 is 2.54 bits per heavy atom. The van der Waals surface area contributed by atoms with E-state index in [9.17, 15) is 9.90 Å². The summed E-state index contributed by atoms with van der Waals surface area (Å²) in [6, 6.07) is 19.1. The van der Waals surface area contributed by atoms with Gasteiger partial charge in [0, 0.05) is 17.7 Å². The molecule has 1 atom stereocenters. The van der Waals surface area contributed by atoms with Gasteiger partial charge in [-0.25, -0.2) is 0 Å². The number of hydrogen-bond acceptors (Lipinski definition) is 5. The summed E-state index contributed by atoms with van der Waals surface area (Å²) in [5.41, 5.74) is 6.00. The molecule has 0 saturated carbocycles. The summed E-state index contributed by atoms with van der Waals surface area (Å²) >= 11 is 0. The molecular weight excluding hydrogens is 490 g/mol. The van der Waals surface area contributed by atoms with E-state index in [0.29, 0.717) is 47.5 Å². The first-order valence-electron chi connectivity index (χ1n) is 13.3. The fourth-order valence-electron chi connectivity index (χ4n) is 5.21. The van der Waals surface area contributed by atoms with Gasteiger partial charge in [-0.05, 0) is 66.6 Å². The molecule has 1 aliphatic rings. The third-order valence-corrected chi connectivity index (χ3v) is 7.22. The van der Waals surface area contributed by atoms with Crippen LogP contribution in [0.5, 0.6) is 17.2 Å². The molecule has 2 heterocycles. The zero-order chi connectivity index (χ0) is 27.7. The predicted octanol–water partition coefficient (Wildman–Crippen LogP) is 6.58. The topological polar surface area (TPSA) is 87.7 Å². The second kappa shape index (κ2) is 10.8. The highest BCUT2D eigenvalue weighted by molar-refractivity contribution is 6.00.